The van der Waals surface area contributed by atoms with Crippen LogP contribution in [-0.2, 0) is 4.74 Å². The summed E-state index contributed by atoms with van der Waals surface area (Å²) in [5.74, 6) is 0.525. The van der Waals surface area contributed by atoms with Crippen LogP contribution in [0, 0.1) is 13.8 Å². The highest BCUT2D eigenvalue weighted by atomic mass is 35.5. The lowest BCUT2D eigenvalue weighted by Gasteiger charge is -2.17. The summed E-state index contributed by atoms with van der Waals surface area (Å²) in [7, 11) is 0. The maximum Gasteiger partial charge on any atom is 0.0844 e. The van der Waals surface area contributed by atoms with Gasteiger partial charge in [0.25, 0.3) is 0 Å². The first-order chi connectivity index (χ1) is 8.02. The summed E-state index contributed by atoms with van der Waals surface area (Å²) in [5, 5.41) is 0.910. The summed E-state index contributed by atoms with van der Waals surface area (Å²) in [6.45, 7) is 8.62. The van der Waals surface area contributed by atoms with Gasteiger partial charge in [0.1, 0.15) is 0 Å². The van der Waals surface area contributed by atoms with E-state index < -0.39 is 0 Å². The molecule has 1 saturated heterocycles. The molecule has 1 aliphatic heterocycles. The zero-order valence-corrected chi connectivity index (χ0v) is 11.8. The molecule has 2 heteroatoms. The van der Waals surface area contributed by atoms with Gasteiger partial charge in [0.05, 0.1) is 12.2 Å². The largest absolute Gasteiger partial charge is 0.370 e. The second-order valence-corrected chi connectivity index (χ2v) is 5.59. The number of benzene rings is 1. The minimum absolute atomic E-state index is 0.439. The van der Waals surface area contributed by atoms with Crippen LogP contribution in [0.3, 0.4) is 0 Å². The molecule has 0 radical (unpaired) electrons. The van der Waals surface area contributed by atoms with Gasteiger partial charge >= 0.3 is 0 Å². The first-order valence-corrected chi connectivity index (χ1v) is 6.82. The molecule has 0 amide bonds. The van der Waals surface area contributed by atoms with Gasteiger partial charge in [-0.3, -0.25) is 0 Å². The zero-order valence-electron chi connectivity index (χ0n) is 11.1. The van der Waals surface area contributed by atoms with Crippen molar-refractivity contribution in [2.24, 2.45) is 0 Å². The lowest BCUT2D eigenvalue weighted by Crippen LogP contribution is -2.04. The molecule has 3 unspecified atom stereocenters. The van der Waals surface area contributed by atoms with Crippen LogP contribution in [0.15, 0.2) is 12.1 Å². The van der Waals surface area contributed by atoms with Crippen molar-refractivity contribution in [2.75, 3.05) is 0 Å². The van der Waals surface area contributed by atoms with E-state index in [1.807, 2.05) is 0 Å². The molecule has 1 aromatic rings. The van der Waals surface area contributed by atoms with Crippen LogP contribution < -0.4 is 0 Å². The molecule has 0 aliphatic carbocycles. The van der Waals surface area contributed by atoms with Gasteiger partial charge in [0, 0.05) is 5.02 Å². The highest BCUT2D eigenvalue weighted by Gasteiger charge is 2.36. The predicted octanol–water partition coefficient (Wildman–Crippen LogP) is 4.63. The molecule has 0 spiro atoms. The molecular weight excluding hydrogens is 232 g/mol. The fraction of sp³-hybridized carbons (Fsp3) is 0.600. The highest BCUT2D eigenvalue weighted by Crippen LogP contribution is 2.37. The molecule has 1 fully saturated rings. The minimum Gasteiger partial charge on any atom is -0.370 e. The summed E-state index contributed by atoms with van der Waals surface area (Å²) in [6, 6.07) is 4.34. The smallest absolute Gasteiger partial charge is 0.0844 e. The van der Waals surface area contributed by atoms with E-state index in [-0.39, 0.29) is 0 Å². The van der Waals surface area contributed by atoms with Crippen LogP contribution in [-0.4, -0.2) is 12.2 Å². The molecule has 1 aromatic carbocycles. The summed E-state index contributed by atoms with van der Waals surface area (Å²) in [6.07, 6.45) is 3.10. The van der Waals surface area contributed by atoms with E-state index >= 15 is 0 Å². The monoisotopic (exact) mass is 252 g/mol. The number of aryl methyl sites for hydroxylation is 2. The molecule has 3 atom stereocenters. The average molecular weight is 253 g/mol. The van der Waals surface area contributed by atoms with Crippen molar-refractivity contribution in [3.8, 4) is 0 Å². The molecule has 1 aliphatic rings. The van der Waals surface area contributed by atoms with Gasteiger partial charge in [-0.05, 0) is 62.3 Å². The van der Waals surface area contributed by atoms with Crippen LogP contribution in [0.25, 0.3) is 0 Å². The molecule has 0 N–H and O–H groups in total. The standard InChI is InChI=1S/C15H21ClO/c1-5-12(8-15-11(4)17-15)13-6-9(2)10(3)7-14(13)16/h6-7,11-12,15H,5,8H2,1-4H3. The Morgan fingerprint density at radius 1 is 1.29 bits per heavy atom. The third kappa shape index (κ3) is 2.83. The number of ether oxygens (including phenoxy) is 1. The van der Waals surface area contributed by atoms with Crippen LogP contribution in [0.5, 0.6) is 0 Å². The fourth-order valence-electron chi connectivity index (χ4n) is 2.39. The Morgan fingerprint density at radius 3 is 2.41 bits per heavy atom. The van der Waals surface area contributed by atoms with Gasteiger partial charge in [-0.15, -0.1) is 0 Å². The third-order valence-corrected chi connectivity index (χ3v) is 4.23. The maximum atomic E-state index is 6.37. The Labute approximate surface area is 109 Å². The summed E-state index contributed by atoms with van der Waals surface area (Å²) in [4.78, 5) is 0. The first-order valence-electron chi connectivity index (χ1n) is 6.45. The molecule has 94 valence electrons. The Bertz CT molecular complexity index is 414. The first kappa shape index (κ1) is 12.9. The van der Waals surface area contributed by atoms with Crippen molar-refractivity contribution in [3.63, 3.8) is 0 Å². The summed E-state index contributed by atoms with van der Waals surface area (Å²) < 4.78 is 5.52. The molecule has 17 heavy (non-hydrogen) atoms. The van der Waals surface area contributed by atoms with E-state index in [1.54, 1.807) is 0 Å². The Balaban J connectivity index is 2.20. The Kier molecular flexibility index (Phi) is 3.79. The van der Waals surface area contributed by atoms with Crippen molar-refractivity contribution in [3.05, 3.63) is 33.8 Å². The van der Waals surface area contributed by atoms with Crippen LogP contribution in [0.4, 0.5) is 0 Å². The van der Waals surface area contributed by atoms with Crippen molar-refractivity contribution in [1.29, 1.82) is 0 Å². The normalized spacial score (nSPS) is 24.8. The van der Waals surface area contributed by atoms with Gasteiger partial charge in [-0.1, -0.05) is 24.6 Å². The number of halogens is 1. The van der Waals surface area contributed by atoms with Gasteiger partial charge < -0.3 is 4.74 Å². The second kappa shape index (κ2) is 4.99. The number of epoxide rings is 1. The zero-order chi connectivity index (χ0) is 12.6. The van der Waals surface area contributed by atoms with E-state index in [1.165, 1.54) is 16.7 Å². The van der Waals surface area contributed by atoms with Crippen LogP contribution in [0.2, 0.25) is 5.02 Å². The number of hydrogen-bond acceptors (Lipinski definition) is 1. The van der Waals surface area contributed by atoms with Crippen molar-refractivity contribution in [2.45, 2.75) is 58.7 Å². The van der Waals surface area contributed by atoms with Gasteiger partial charge in [0.2, 0.25) is 0 Å². The quantitative estimate of drug-likeness (QED) is 0.712. The fourth-order valence-corrected chi connectivity index (χ4v) is 2.76. The maximum absolute atomic E-state index is 6.37. The molecule has 1 nitrogen and oxygen atoms in total. The number of rotatable bonds is 4. The Morgan fingerprint density at radius 2 is 1.88 bits per heavy atom. The van der Waals surface area contributed by atoms with Crippen LogP contribution in [0.1, 0.15) is 49.3 Å². The van der Waals surface area contributed by atoms with E-state index in [9.17, 15) is 0 Å². The van der Waals surface area contributed by atoms with E-state index in [2.05, 4.69) is 39.8 Å². The van der Waals surface area contributed by atoms with Gasteiger partial charge in [-0.2, -0.15) is 0 Å². The van der Waals surface area contributed by atoms with Gasteiger partial charge in [0.15, 0.2) is 0 Å². The molecule has 0 saturated carbocycles. The molecule has 0 aromatic heterocycles. The van der Waals surface area contributed by atoms with Gasteiger partial charge in [-0.25, -0.2) is 0 Å². The van der Waals surface area contributed by atoms with E-state index in [0.717, 1.165) is 17.9 Å². The van der Waals surface area contributed by atoms with Crippen LogP contribution >= 0.6 is 11.6 Å². The van der Waals surface area contributed by atoms with E-state index in [4.69, 9.17) is 16.3 Å². The second-order valence-electron chi connectivity index (χ2n) is 5.18. The SMILES string of the molecule is CCC(CC1OC1C)c1cc(C)c(C)cc1Cl. The predicted molar refractivity (Wildman–Crippen MR) is 72.9 cm³/mol. The molecule has 1 heterocycles. The van der Waals surface area contributed by atoms with E-state index in [0.29, 0.717) is 18.1 Å². The third-order valence-electron chi connectivity index (χ3n) is 3.90. The molecule has 2 rings (SSSR count). The van der Waals surface area contributed by atoms with Crippen molar-refractivity contribution in [1.82, 2.24) is 0 Å². The van der Waals surface area contributed by atoms with Crippen molar-refractivity contribution >= 4 is 11.6 Å². The lowest BCUT2D eigenvalue weighted by molar-refractivity contribution is 0.357. The average Bonchev–Trinajstić information content (AvgIpc) is 2.97. The number of hydrogen-bond donors (Lipinski definition) is 0. The van der Waals surface area contributed by atoms with Crippen molar-refractivity contribution < 1.29 is 4.74 Å². The minimum atomic E-state index is 0.439. The Hall–Kier alpha value is -0.530. The summed E-state index contributed by atoms with van der Waals surface area (Å²) >= 11 is 6.37. The summed E-state index contributed by atoms with van der Waals surface area (Å²) in [5.41, 5.74) is 3.89. The highest BCUT2D eigenvalue weighted by molar-refractivity contribution is 6.31. The lowest BCUT2D eigenvalue weighted by atomic mass is 9.89. The topological polar surface area (TPSA) is 12.5 Å². The molecule has 0 bridgehead atoms. The molecular formula is C15H21ClO.